The Morgan fingerprint density at radius 1 is 0.472 bits per heavy atom. The van der Waals surface area contributed by atoms with Crippen molar-refractivity contribution in [3.8, 4) is 5.75 Å². The summed E-state index contributed by atoms with van der Waals surface area (Å²) in [6.07, 6.45) is 1.69. The van der Waals surface area contributed by atoms with E-state index in [4.69, 9.17) is 14.2 Å². The first kappa shape index (κ1) is 48.2. The van der Waals surface area contributed by atoms with E-state index in [1.165, 1.54) is 6.20 Å². The van der Waals surface area contributed by atoms with Gasteiger partial charge in [0.15, 0.2) is 18.9 Å². The smallest absolute Gasteiger partial charge is 0.324 e. The number of aryl methyl sites for hydroxylation is 1. The molecule has 3 fully saturated rings. The quantitative estimate of drug-likeness (QED) is 0.0428. The van der Waals surface area contributed by atoms with Gasteiger partial charge in [-0.3, -0.25) is 30.3 Å². The predicted octanol–water partition coefficient (Wildman–Crippen LogP) is 7.66. The first-order valence-electron chi connectivity index (χ1n) is 24.8. The Kier molecular flexibility index (Phi) is 14.9. The topological polar surface area (TPSA) is 162 Å². The number of pyridine rings is 1. The van der Waals surface area contributed by atoms with Crippen molar-refractivity contribution < 1.29 is 43.4 Å². The second-order valence-electron chi connectivity index (χ2n) is 18.9. The molecule has 3 saturated heterocycles. The largest absolute Gasteiger partial charge is 0.868 e. The molecule has 3 aliphatic heterocycles. The van der Waals surface area contributed by atoms with Crippen LogP contribution in [0.4, 0.5) is 0 Å². The average Bonchev–Trinajstić information content (AvgIpc) is 3.42. The number of nitrogens with zero attached hydrogens (tertiary/aromatic N) is 1. The van der Waals surface area contributed by atoms with Gasteiger partial charge in [0.1, 0.15) is 42.5 Å². The molecule has 10 atom stereocenters. The maximum absolute atomic E-state index is 14.5. The van der Waals surface area contributed by atoms with Crippen molar-refractivity contribution in [2.75, 3.05) is 0 Å². The molecule has 1 aromatic heterocycles. The Morgan fingerprint density at radius 2 is 0.819 bits per heavy atom. The van der Waals surface area contributed by atoms with Gasteiger partial charge in [0.05, 0.1) is 18.1 Å². The Morgan fingerprint density at radius 3 is 1.22 bits per heavy atom. The fourth-order valence-electron chi connectivity index (χ4n) is 10.4. The van der Waals surface area contributed by atoms with Crippen molar-refractivity contribution in [2.45, 2.75) is 99.3 Å². The molecule has 72 heavy (non-hydrogen) atoms. The molecule has 0 bridgehead atoms. The van der Waals surface area contributed by atoms with E-state index in [1.807, 2.05) is 188 Å². The van der Waals surface area contributed by atoms with Crippen molar-refractivity contribution in [3.05, 3.63) is 239 Å². The first-order chi connectivity index (χ1) is 35.3. The number of nitrogens with one attached hydrogen (secondary N) is 3. The van der Waals surface area contributed by atoms with Gasteiger partial charge in [-0.2, -0.15) is 0 Å². The lowest BCUT2D eigenvalue weighted by atomic mass is 9.90. The minimum absolute atomic E-state index is 0.0223. The molecule has 7 aromatic rings. The number of aromatic nitrogens is 1. The summed E-state index contributed by atoms with van der Waals surface area (Å²) in [5.74, 6) is -1.61. The number of carbonyl (C=O) groups is 3. The molecule has 0 spiro atoms. The second-order valence-corrected chi connectivity index (χ2v) is 18.9. The Labute approximate surface area is 419 Å². The first-order valence-corrected chi connectivity index (χ1v) is 24.8. The molecule has 10 rings (SSSR count). The number of esters is 3. The van der Waals surface area contributed by atoms with E-state index < -0.39 is 66.5 Å². The molecule has 12 nitrogen and oxygen atoms in total. The molecule has 12 heteroatoms. The van der Waals surface area contributed by atoms with Gasteiger partial charge in [-0.1, -0.05) is 182 Å². The fourth-order valence-corrected chi connectivity index (χ4v) is 10.4. The number of hydrogen-bond donors (Lipinski definition) is 4. The van der Waals surface area contributed by atoms with Gasteiger partial charge in [0.2, 0.25) is 0 Å². The zero-order valence-corrected chi connectivity index (χ0v) is 39.7. The number of rotatable bonds is 16. The molecule has 3 aliphatic rings. The molecule has 366 valence electrons. The van der Waals surface area contributed by atoms with Crippen LogP contribution in [-0.2, 0) is 48.0 Å². The van der Waals surface area contributed by atoms with E-state index in [2.05, 4.69) is 16.0 Å². The van der Waals surface area contributed by atoms with Crippen LogP contribution in [-0.4, -0.2) is 47.2 Å². The third-order valence-electron chi connectivity index (χ3n) is 14.1. The highest BCUT2D eigenvalue weighted by molar-refractivity contribution is 5.79. The number of carbonyl (C=O) groups excluding carboxylic acids is 3. The molecule has 4 heterocycles. The highest BCUT2D eigenvalue weighted by Gasteiger charge is 2.42. The molecule has 0 saturated carbocycles. The number of morpholine rings is 3. The van der Waals surface area contributed by atoms with Crippen molar-refractivity contribution in [1.82, 2.24) is 16.0 Å². The zero-order valence-electron chi connectivity index (χ0n) is 39.7. The highest BCUT2D eigenvalue weighted by Crippen LogP contribution is 2.40. The molecular weight excluding hydrogens is 905 g/mol. The van der Waals surface area contributed by atoms with E-state index in [0.29, 0.717) is 11.1 Å². The molecule has 0 amide bonds. The maximum Gasteiger partial charge on any atom is 0.324 e. The molecular formula is C60H58N4O8. The van der Waals surface area contributed by atoms with E-state index >= 15 is 0 Å². The van der Waals surface area contributed by atoms with E-state index in [0.717, 1.165) is 33.4 Å². The summed E-state index contributed by atoms with van der Waals surface area (Å²) in [5.41, 5.74) is 6.48. The lowest BCUT2D eigenvalue weighted by Crippen LogP contribution is -2.50. The van der Waals surface area contributed by atoms with Crippen LogP contribution in [0.1, 0.15) is 100 Å². The van der Waals surface area contributed by atoms with Gasteiger partial charge in [-0.25, -0.2) is 4.57 Å². The third-order valence-corrected chi connectivity index (χ3v) is 14.1. The van der Waals surface area contributed by atoms with Crippen molar-refractivity contribution in [1.29, 1.82) is 0 Å². The molecule has 0 aliphatic carbocycles. The Balaban J connectivity index is 0.900. The number of cyclic esters (lactones) is 3. The van der Waals surface area contributed by atoms with Crippen LogP contribution in [0.5, 0.6) is 5.75 Å². The number of aliphatic hydroxyl groups excluding tert-OH is 1. The van der Waals surface area contributed by atoms with E-state index in [1.54, 1.807) is 4.57 Å². The van der Waals surface area contributed by atoms with Gasteiger partial charge in [0.25, 0.3) is 0 Å². The summed E-state index contributed by atoms with van der Waals surface area (Å²) in [6, 6.07) is 55.1. The summed E-state index contributed by atoms with van der Waals surface area (Å²) in [5, 5.41) is 36.8. The van der Waals surface area contributed by atoms with Crippen LogP contribution in [0.3, 0.4) is 0 Å². The van der Waals surface area contributed by atoms with Gasteiger partial charge >= 0.3 is 17.9 Å². The van der Waals surface area contributed by atoms with E-state index in [9.17, 15) is 24.6 Å². The fraction of sp³-hybridized carbons (Fsp3) is 0.267. The second kappa shape index (κ2) is 22.3. The van der Waals surface area contributed by atoms with Crippen molar-refractivity contribution >= 4 is 17.9 Å². The van der Waals surface area contributed by atoms with Crippen LogP contribution in [0.15, 0.2) is 194 Å². The van der Waals surface area contributed by atoms with Crippen LogP contribution in [0.25, 0.3) is 0 Å². The van der Waals surface area contributed by atoms with Crippen molar-refractivity contribution in [3.63, 3.8) is 0 Å². The lowest BCUT2D eigenvalue weighted by Gasteiger charge is -2.38. The summed E-state index contributed by atoms with van der Waals surface area (Å²) >= 11 is 0. The number of aliphatic hydroxyl groups is 1. The molecule has 0 unspecified atom stereocenters. The van der Waals surface area contributed by atoms with Gasteiger partial charge in [-0.15, -0.1) is 0 Å². The average molecular weight is 963 g/mol. The SMILES string of the molecule is O=C1O[C@H](c2ccccc2)[C@H](c2ccccc2)N[C@H]1CCc1c[n+](C[C@H](O)CC[C@@H]2N[C@@H](c3ccccc3)[C@@H](c3ccccc3)OC2=O)cc([O-])c1C[C@@H]1N[C@@H](c2ccccc2)[C@@H](c2ccccc2)OC1=O. The van der Waals surface area contributed by atoms with Crippen molar-refractivity contribution in [2.24, 2.45) is 0 Å². The molecule has 4 N–H and O–H groups in total. The normalized spacial score (nSPS) is 24.6. The lowest BCUT2D eigenvalue weighted by molar-refractivity contribution is -0.706. The van der Waals surface area contributed by atoms with Gasteiger partial charge < -0.3 is 24.4 Å². The Bertz CT molecular complexity index is 2920. The highest BCUT2D eigenvalue weighted by atomic mass is 16.6. The minimum atomic E-state index is -0.946. The summed E-state index contributed by atoms with van der Waals surface area (Å²) in [4.78, 5) is 41.5. The molecule has 0 radical (unpaired) electrons. The number of hydrogen-bond acceptors (Lipinski definition) is 11. The van der Waals surface area contributed by atoms with Gasteiger partial charge in [0, 0.05) is 5.56 Å². The predicted molar refractivity (Wildman–Crippen MR) is 267 cm³/mol. The van der Waals surface area contributed by atoms with Crippen LogP contribution >= 0.6 is 0 Å². The molecule has 6 aromatic carbocycles. The van der Waals surface area contributed by atoms with Crippen LogP contribution < -0.4 is 25.6 Å². The minimum Gasteiger partial charge on any atom is -0.868 e. The monoisotopic (exact) mass is 962 g/mol. The van der Waals surface area contributed by atoms with Crippen LogP contribution in [0, 0.1) is 0 Å². The van der Waals surface area contributed by atoms with E-state index in [-0.39, 0.29) is 56.5 Å². The Hall–Kier alpha value is -7.48. The summed E-state index contributed by atoms with van der Waals surface area (Å²) in [6.45, 7) is 0.0517. The summed E-state index contributed by atoms with van der Waals surface area (Å²) < 4.78 is 20.3. The van der Waals surface area contributed by atoms with Crippen LogP contribution in [0.2, 0.25) is 0 Å². The standard InChI is InChI=1S/C60H58N4O8/c65-46(32-34-49-59(68)71-56(43-27-15-5-16-28-43)53(62-49)40-21-9-2-10-22-40)37-64-36-45(31-33-48-58(67)70-55(42-25-13-4-14-26-42)52(61-48)39-19-7-1-8-20-39)47(51(66)38-64)35-50-60(69)72-57(44-29-17-6-18-30-44)54(63-50)41-23-11-3-12-24-41/h1-30,36,38,46,48-50,52-57,61-63,65H,31-35,37H2/t46-,48+,49+,50+,52+,53+,54+,55-,56-,57-/m1/s1. The number of benzene rings is 6. The number of ether oxygens (including phenoxy) is 3. The summed E-state index contributed by atoms with van der Waals surface area (Å²) in [7, 11) is 0. The zero-order chi connectivity index (χ0) is 49.4. The maximum atomic E-state index is 14.5. The third kappa shape index (κ3) is 11.0. The van der Waals surface area contributed by atoms with Gasteiger partial charge in [-0.05, 0) is 76.8 Å².